The summed E-state index contributed by atoms with van der Waals surface area (Å²) in [6, 6.07) is 4.75. The van der Waals surface area contributed by atoms with Crippen LogP contribution in [0.3, 0.4) is 0 Å². The predicted octanol–water partition coefficient (Wildman–Crippen LogP) is 2.89. The molecule has 1 unspecified atom stereocenters. The van der Waals surface area contributed by atoms with Crippen molar-refractivity contribution in [3.63, 3.8) is 0 Å². The highest BCUT2D eigenvalue weighted by Crippen LogP contribution is 2.31. The molecule has 0 amide bonds. The van der Waals surface area contributed by atoms with Crippen molar-refractivity contribution in [3.05, 3.63) is 34.4 Å². The van der Waals surface area contributed by atoms with E-state index in [1.54, 1.807) is 5.56 Å². The van der Waals surface area contributed by atoms with Gasteiger partial charge < -0.3 is 5.73 Å². The summed E-state index contributed by atoms with van der Waals surface area (Å²) in [6.07, 6.45) is 4.83. The maximum Gasteiger partial charge on any atom is 0.0297 e. The van der Waals surface area contributed by atoms with Crippen LogP contribution in [0.4, 0.5) is 0 Å². The van der Waals surface area contributed by atoms with Crippen LogP contribution in [0, 0.1) is 6.92 Å². The Morgan fingerprint density at radius 3 is 2.86 bits per heavy atom. The van der Waals surface area contributed by atoms with Crippen molar-refractivity contribution in [1.29, 1.82) is 0 Å². The average Bonchev–Trinajstić information content (AvgIpc) is 2.64. The minimum atomic E-state index is 0.239. The number of aryl methyl sites for hydroxylation is 2. The maximum absolute atomic E-state index is 6.17. The van der Waals surface area contributed by atoms with E-state index in [9.17, 15) is 0 Å². The molecule has 0 aliphatic heterocycles. The summed E-state index contributed by atoms with van der Waals surface area (Å²) in [5.74, 6) is 0. The molecule has 2 N–H and O–H groups in total. The Labute approximate surface area is 86.3 Å². The molecule has 1 aliphatic carbocycles. The van der Waals surface area contributed by atoms with Gasteiger partial charge in [-0.2, -0.15) is 0 Å². The lowest BCUT2D eigenvalue weighted by atomic mass is 9.92. The Morgan fingerprint density at radius 2 is 2.14 bits per heavy atom. The molecular weight excluding hydrogens is 170 g/mol. The Kier molecular flexibility index (Phi) is 2.60. The van der Waals surface area contributed by atoms with Crippen LogP contribution in [0.25, 0.3) is 0 Å². The van der Waals surface area contributed by atoms with Crippen LogP contribution in [0.1, 0.15) is 48.1 Å². The Hall–Kier alpha value is -0.820. The van der Waals surface area contributed by atoms with Gasteiger partial charge in [-0.15, -0.1) is 0 Å². The fourth-order valence-electron chi connectivity index (χ4n) is 2.53. The van der Waals surface area contributed by atoms with E-state index >= 15 is 0 Å². The van der Waals surface area contributed by atoms with Gasteiger partial charge in [-0.3, -0.25) is 0 Å². The average molecular weight is 189 g/mol. The lowest BCUT2D eigenvalue weighted by Gasteiger charge is -2.17. The summed E-state index contributed by atoms with van der Waals surface area (Å²) >= 11 is 0. The highest BCUT2D eigenvalue weighted by Gasteiger charge is 2.19. The number of nitrogens with two attached hydrogens (primary N) is 1. The molecule has 0 bridgehead atoms. The SMILES string of the molecule is CCC(N)c1c(C)ccc2c1CCC2. The molecule has 76 valence electrons. The second-order valence-electron chi connectivity index (χ2n) is 4.30. The smallest absolute Gasteiger partial charge is 0.0297 e. The van der Waals surface area contributed by atoms with Gasteiger partial charge in [0.2, 0.25) is 0 Å². The molecule has 0 saturated heterocycles. The van der Waals surface area contributed by atoms with Gasteiger partial charge in [0, 0.05) is 6.04 Å². The minimum Gasteiger partial charge on any atom is -0.324 e. The standard InChI is InChI=1S/C13H19N/c1-3-12(14)13-9(2)7-8-10-5-4-6-11(10)13/h7-8,12H,3-6,14H2,1-2H3. The molecule has 14 heavy (non-hydrogen) atoms. The molecule has 0 fully saturated rings. The molecule has 0 saturated carbocycles. The van der Waals surface area contributed by atoms with Crippen molar-refractivity contribution in [2.24, 2.45) is 5.73 Å². The van der Waals surface area contributed by atoms with E-state index in [0.29, 0.717) is 0 Å². The van der Waals surface area contributed by atoms with Crippen molar-refractivity contribution < 1.29 is 0 Å². The van der Waals surface area contributed by atoms with E-state index < -0.39 is 0 Å². The van der Waals surface area contributed by atoms with Gasteiger partial charge in [0.05, 0.1) is 0 Å². The van der Waals surface area contributed by atoms with Crippen LogP contribution in [-0.2, 0) is 12.8 Å². The molecule has 1 atom stereocenters. The number of rotatable bonds is 2. The van der Waals surface area contributed by atoms with Gasteiger partial charge in [-0.1, -0.05) is 19.1 Å². The summed E-state index contributed by atoms with van der Waals surface area (Å²) in [5, 5.41) is 0. The Bertz CT molecular complexity index is 341. The molecule has 0 heterocycles. The minimum absolute atomic E-state index is 0.239. The molecule has 1 heteroatoms. The van der Waals surface area contributed by atoms with Crippen LogP contribution in [0.2, 0.25) is 0 Å². The first-order valence-electron chi connectivity index (χ1n) is 5.61. The Balaban J connectivity index is 2.51. The number of hydrogen-bond donors (Lipinski definition) is 1. The number of benzene rings is 1. The van der Waals surface area contributed by atoms with Crippen LogP contribution >= 0.6 is 0 Å². The van der Waals surface area contributed by atoms with E-state index in [1.165, 1.54) is 36.0 Å². The fourth-order valence-corrected chi connectivity index (χ4v) is 2.53. The van der Waals surface area contributed by atoms with Crippen molar-refractivity contribution >= 4 is 0 Å². The number of fused-ring (bicyclic) bond motifs is 1. The highest BCUT2D eigenvalue weighted by molar-refractivity contribution is 5.44. The summed E-state index contributed by atoms with van der Waals surface area (Å²) in [6.45, 7) is 4.35. The molecule has 1 aliphatic rings. The normalized spacial score (nSPS) is 16.8. The molecule has 0 radical (unpaired) electrons. The molecule has 1 aromatic rings. The van der Waals surface area contributed by atoms with Crippen LogP contribution in [0.15, 0.2) is 12.1 Å². The summed E-state index contributed by atoms with van der Waals surface area (Å²) < 4.78 is 0. The molecular formula is C13H19N. The van der Waals surface area contributed by atoms with E-state index in [0.717, 1.165) is 6.42 Å². The Morgan fingerprint density at radius 1 is 1.36 bits per heavy atom. The van der Waals surface area contributed by atoms with Crippen molar-refractivity contribution in [2.75, 3.05) is 0 Å². The van der Waals surface area contributed by atoms with Crippen LogP contribution in [-0.4, -0.2) is 0 Å². The summed E-state index contributed by atoms with van der Waals surface area (Å²) in [4.78, 5) is 0. The fraction of sp³-hybridized carbons (Fsp3) is 0.538. The molecule has 0 aromatic heterocycles. The zero-order valence-corrected chi connectivity index (χ0v) is 9.14. The van der Waals surface area contributed by atoms with Crippen LogP contribution in [0.5, 0.6) is 0 Å². The van der Waals surface area contributed by atoms with Gasteiger partial charge in [0.15, 0.2) is 0 Å². The van der Waals surface area contributed by atoms with Gasteiger partial charge in [0.25, 0.3) is 0 Å². The molecule has 2 rings (SSSR count). The molecule has 0 spiro atoms. The molecule has 1 aromatic carbocycles. The maximum atomic E-state index is 6.17. The predicted molar refractivity (Wildman–Crippen MR) is 60.4 cm³/mol. The third kappa shape index (κ3) is 1.46. The van der Waals surface area contributed by atoms with Gasteiger partial charge in [-0.05, 0) is 54.9 Å². The third-order valence-electron chi connectivity index (χ3n) is 3.36. The van der Waals surface area contributed by atoms with E-state index in [4.69, 9.17) is 5.73 Å². The van der Waals surface area contributed by atoms with Crippen molar-refractivity contribution in [2.45, 2.75) is 45.6 Å². The van der Waals surface area contributed by atoms with E-state index in [2.05, 4.69) is 26.0 Å². The zero-order valence-electron chi connectivity index (χ0n) is 9.14. The number of hydrogen-bond acceptors (Lipinski definition) is 1. The van der Waals surface area contributed by atoms with E-state index in [1.807, 2.05) is 0 Å². The third-order valence-corrected chi connectivity index (χ3v) is 3.36. The topological polar surface area (TPSA) is 26.0 Å². The second-order valence-corrected chi connectivity index (χ2v) is 4.30. The van der Waals surface area contributed by atoms with Crippen molar-refractivity contribution in [1.82, 2.24) is 0 Å². The zero-order chi connectivity index (χ0) is 10.1. The van der Waals surface area contributed by atoms with Crippen LogP contribution < -0.4 is 5.73 Å². The van der Waals surface area contributed by atoms with E-state index in [-0.39, 0.29) is 6.04 Å². The first-order chi connectivity index (χ1) is 6.74. The lowest BCUT2D eigenvalue weighted by Crippen LogP contribution is -2.13. The summed E-state index contributed by atoms with van der Waals surface area (Å²) in [7, 11) is 0. The largest absolute Gasteiger partial charge is 0.324 e. The molecule has 1 nitrogen and oxygen atoms in total. The summed E-state index contributed by atoms with van der Waals surface area (Å²) in [5.41, 5.74) is 12.1. The van der Waals surface area contributed by atoms with Gasteiger partial charge >= 0.3 is 0 Å². The van der Waals surface area contributed by atoms with Gasteiger partial charge in [-0.25, -0.2) is 0 Å². The second kappa shape index (κ2) is 3.74. The van der Waals surface area contributed by atoms with Crippen molar-refractivity contribution in [3.8, 4) is 0 Å². The van der Waals surface area contributed by atoms with Gasteiger partial charge in [0.1, 0.15) is 0 Å². The first-order valence-corrected chi connectivity index (χ1v) is 5.61. The lowest BCUT2D eigenvalue weighted by molar-refractivity contribution is 0.685. The highest BCUT2D eigenvalue weighted by atomic mass is 14.6. The monoisotopic (exact) mass is 189 g/mol. The quantitative estimate of drug-likeness (QED) is 0.760. The first kappa shape index (κ1) is 9.72.